The zero-order valence-corrected chi connectivity index (χ0v) is 10.8. The lowest BCUT2D eigenvalue weighted by Gasteiger charge is -2.22. The van der Waals surface area contributed by atoms with Gasteiger partial charge in [0.05, 0.1) is 6.20 Å². The Morgan fingerprint density at radius 1 is 1.62 bits per heavy atom. The molecular weight excluding hydrogens is 218 g/mol. The first-order valence-corrected chi connectivity index (χ1v) is 7.36. The number of rotatable bonds is 5. The van der Waals surface area contributed by atoms with Gasteiger partial charge >= 0.3 is 0 Å². The van der Waals surface area contributed by atoms with E-state index in [-0.39, 0.29) is 0 Å². The summed E-state index contributed by atoms with van der Waals surface area (Å²) >= 11 is 2.07. The molecule has 0 aromatic carbocycles. The van der Waals surface area contributed by atoms with Crippen molar-refractivity contribution in [1.29, 1.82) is 0 Å². The maximum Gasteiger partial charge on any atom is 0.0534 e. The summed E-state index contributed by atoms with van der Waals surface area (Å²) in [6.45, 7) is 4.17. The minimum Gasteiger partial charge on any atom is -0.309 e. The van der Waals surface area contributed by atoms with Gasteiger partial charge in [0.2, 0.25) is 0 Å². The van der Waals surface area contributed by atoms with Crippen molar-refractivity contribution < 1.29 is 0 Å². The van der Waals surface area contributed by atoms with Gasteiger partial charge < -0.3 is 5.32 Å². The molecule has 0 radical (unpaired) electrons. The molecule has 1 aliphatic heterocycles. The lowest BCUT2D eigenvalue weighted by molar-refractivity contribution is 0.507. The van der Waals surface area contributed by atoms with E-state index in [1.54, 1.807) is 0 Å². The Morgan fingerprint density at radius 3 is 3.31 bits per heavy atom. The van der Waals surface area contributed by atoms with E-state index in [1.165, 1.54) is 29.9 Å². The van der Waals surface area contributed by atoms with E-state index >= 15 is 0 Å². The summed E-state index contributed by atoms with van der Waals surface area (Å²) in [4.78, 5) is 0. The van der Waals surface area contributed by atoms with E-state index in [4.69, 9.17) is 0 Å². The number of hydrogen-bond acceptors (Lipinski definition) is 3. The zero-order chi connectivity index (χ0) is 11.2. The van der Waals surface area contributed by atoms with Gasteiger partial charge in [0.25, 0.3) is 0 Å². The van der Waals surface area contributed by atoms with Crippen molar-refractivity contribution in [2.24, 2.45) is 0 Å². The number of thioether (sulfide) groups is 1. The van der Waals surface area contributed by atoms with E-state index in [9.17, 15) is 0 Å². The Bertz CT molecular complexity index is 305. The first-order valence-electron chi connectivity index (χ1n) is 6.21. The van der Waals surface area contributed by atoms with Crippen molar-refractivity contribution in [2.75, 3.05) is 11.5 Å². The Hall–Kier alpha value is -0.480. The van der Waals surface area contributed by atoms with Crippen LogP contribution in [0.25, 0.3) is 0 Å². The molecule has 90 valence electrons. The predicted molar refractivity (Wildman–Crippen MR) is 69.7 cm³/mol. The van der Waals surface area contributed by atoms with Crippen molar-refractivity contribution >= 4 is 11.8 Å². The van der Waals surface area contributed by atoms with E-state index in [0.717, 1.165) is 19.5 Å². The number of nitrogens with one attached hydrogen (secondary N) is 1. The summed E-state index contributed by atoms with van der Waals surface area (Å²) in [5.41, 5.74) is 1.31. The van der Waals surface area contributed by atoms with Crippen LogP contribution in [0.2, 0.25) is 0 Å². The lowest BCUT2D eigenvalue weighted by atomic mass is 10.2. The molecule has 2 heterocycles. The zero-order valence-electron chi connectivity index (χ0n) is 9.98. The Kier molecular flexibility index (Phi) is 4.72. The van der Waals surface area contributed by atoms with Gasteiger partial charge in [-0.3, -0.25) is 4.68 Å². The Labute approximate surface area is 102 Å². The van der Waals surface area contributed by atoms with E-state index in [1.807, 2.05) is 10.9 Å². The summed E-state index contributed by atoms with van der Waals surface area (Å²) in [7, 11) is 0. The van der Waals surface area contributed by atoms with Crippen LogP contribution in [0.3, 0.4) is 0 Å². The fraction of sp³-hybridized carbons (Fsp3) is 0.750. The molecule has 1 saturated heterocycles. The summed E-state index contributed by atoms with van der Waals surface area (Å²) in [5, 5.41) is 7.96. The molecule has 1 aromatic rings. The van der Waals surface area contributed by atoms with Gasteiger partial charge in [-0.2, -0.15) is 16.9 Å². The minimum absolute atomic E-state index is 0.702. The maximum absolute atomic E-state index is 4.34. The van der Waals surface area contributed by atoms with E-state index in [2.05, 4.69) is 35.3 Å². The molecule has 4 heteroatoms. The van der Waals surface area contributed by atoms with Crippen LogP contribution in [0.5, 0.6) is 0 Å². The molecule has 0 bridgehead atoms. The third-order valence-corrected chi connectivity index (χ3v) is 4.11. The quantitative estimate of drug-likeness (QED) is 0.855. The fourth-order valence-electron chi connectivity index (χ4n) is 2.01. The SMILES string of the molecule is CCCn1cc(CNC2CCCSC2)cn1. The molecule has 3 nitrogen and oxygen atoms in total. The molecule has 1 aliphatic rings. The molecule has 16 heavy (non-hydrogen) atoms. The molecular formula is C12H21N3S. The normalized spacial score (nSPS) is 21.2. The van der Waals surface area contributed by atoms with E-state index < -0.39 is 0 Å². The van der Waals surface area contributed by atoms with Gasteiger partial charge in [0.15, 0.2) is 0 Å². The smallest absolute Gasteiger partial charge is 0.0534 e. The second kappa shape index (κ2) is 6.30. The third kappa shape index (κ3) is 3.52. The third-order valence-electron chi connectivity index (χ3n) is 2.89. The van der Waals surface area contributed by atoms with Crippen molar-refractivity contribution in [1.82, 2.24) is 15.1 Å². The topological polar surface area (TPSA) is 29.9 Å². The Balaban J connectivity index is 1.75. The highest BCUT2D eigenvalue weighted by molar-refractivity contribution is 7.99. The molecule has 1 aromatic heterocycles. The first kappa shape index (κ1) is 12.0. The molecule has 0 amide bonds. The predicted octanol–water partition coefficient (Wildman–Crippen LogP) is 2.28. The monoisotopic (exact) mass is 239 g/mol. The molecule has 0 saturated carbocycles. The highest BCUT2D eigenvalue weighted by atomic mass is 32.2. The van der Waals surface area contributed by atoms with Gasteiger partial charge in [-0.25, -0.2) is 0 Å². The molecule has 0 spiro atoms. The highest BCUT2D eigenvalue weighted by Gasteiger charge is 2.12. The number of hydrogen-bond donors (Lipinski definition) is 1. The van der Waals surface area contributed by atoms with Crippen LogP contribution in [0, 0.1) is 0 Å². The first-order chi connectivity index (χ1) is 7.88. The van der Waals surface area contributed by atoms with Crippen molar-refractivity contribution in [3.05, 3.63) is 18.0 Å². The van der Waals surface area contributed by atoms with Crippen LogP contribution in [-0.2, 0) is 13.1 Å². The van der Waals surface area contributed by atoms with Crippen molar-refractivity contribution in [2.45, 2.75) is 45.3 Å². The van der Waals surface area contributed by atoms with Crippen molar-refractivity contribution in [3.63, 3.8) is 0 Å². The number of nitrogens with zero attached hydrogens (tertiary/aromatic N) is 2. The number of aryl methyl sites for hydroxylation is 1. The molecule has 1 unspecified atom stereocenters. The van der Waals surface area contributed by atoms with Crippen LogP contribution in [0.4, 0.5) is 0 Å². The van der Waals surface area contributed by atoms with Gasteiger partial charge in [0.1, 0.15) is 0 Å². The molecule has 1 atom stereocenters. The van der Waals surface area contributed by atoms with Crippen LogP contribution < -0.4 is 5.32 Å². The van der Waals surface area contributed by atoms with E-state index in [0.29, 0.717) is 6.04 Å². The van der Waals surface area contributed by atoms with Gasteiger partial charge in [-0.1, -0.05) is 6.92 Å². The summed E-state index contributed by atoms with van der Waals surface area (Å²) in [5.74, 6) is 2.61. The van der Waals surface area contributed by atoms with Crippen LogP contribution in [-0.4, -0.2) is 27.3 Å². The standard InChI is InChI=1S/C12H21N3S/c1-2-5-15-9-11(8-14-15)7-13-12-4-3-6-16-10-12/h8-9,12-13H,2-7,10H2,1H3. The Morgan fingerprint density at radius 2 is 2.56 bits per heavy atom. The van der Waals surface area contributed by atoms with Gasteiger partial charge in [-0.15, -0.1) is 0 Å². The summed E-state index contributed by atoms with van der Waals surface area (Å²) in [6.07, 6.45) is 7.98. The summed E-state index contributed by atoms with van der Waals surface area (Å²) < 4.78 is 2.03. The second-order valence-corrected chi connectivity index (χ2v) is 5.56. The molecule has 0 aliphatic carbocycles. The van der Waals surface area contributed by atoms with Gasteiger partial charge in [-0.05, 0) is 25.0 Å². The fourth-order valence-corrected chi connectivity index (χ4v) is 3.12. The second-order valence-electron chi connectivity index (χ2n) is 4.41. The average molecular weight is 239 g/mol. The molecule has 1 N–H and O–H groups in total. The summed E-state index contributed by atoms with van der Waals surface area (Å²) in [6, 6.07) is 0.702. The molecule has 2 rings (SSSR count). The minimum atomic E-state index is 0.702. The van der Waals surface area contributed by atoms with Gasteiger partial charge in [0, 0.05) is 36.6 Å². The largest absolute Gasteiger partial charge is 0.309 e. The molecule has 1 fully saturated rings. The maximum atomic E-state index is 4.34. The van der Waals surface area contributed by atoms with Crippen LogP contribution in [0.1, 0.15) is 31.7 Å². The van der Waals surface area contributed by atoms with Crippen LogP contribution in [0.15, 0.2) is 12.4 Å². The number of aromatic nitrogens is 2. The average Bonchev–Trinajstić information content (AvgIpc) is 2.76. The highest BCUT2D eigenvalue weighted by Crippen LogP contribution is 2.17. The van der Waals surface area contributed by atoms with Crippen molar-refractivity contribution in [3.8, 4) is 0 Å². The lowest BCUT2D eigenvalue weighted by Crippen LogP contribution is -2.33. The van der Waals surface area contributed by atoms with Crippen LogP contribution >= 0.6 is 11.8 Å².